The molecule has 168 valence electrons. The van der Waals surface area contributed by atoms with Crippen molar-refractivity contribution in [1.82, 2.24) is 0 Å². The van der Waals surface area contributed by atoms with Crippen LogP contribution in [0.2, 0.25) is 0 Å². The molecule has 1 N–H and O–H groups in total. The molecule has 1 aliphatic carbocycles. The first-order chi connectivity index (χ1) is 14.4. The summed E-state index contributed by atoms with van der Waals surface area (Å²) in [6, 6.07) is 13.0. The number of nitrogens with one attached hydrogen (secondary N) is 1. The Hall–Kier alpha value is -2.29. The highest BCUT2D eigenvalue weighted by molar-refractivity contribution is 5.82. The zero-order chi connectivity index (χ0) is 23.0. The molecule has 0 aromatic heterocycles. The van der Waals surface area contributed by atoms with Crippen LogP contribution >= 0.6 is 0 Å². The normalized spacial score (nSPS) is 17.0. The van der Waals surface area contributed by atoms with Crippen molar-refractivity contribution in [3.63, 3.8) is 0 Å². The molecular formula is C28H39NO2. The number of rotatable bonds is 6. The summed E-state index contributed by atoms with van der Waals surface area (Å²) < 4.78 is 5.23. The van der Waals surface area contributed by atoms with Crippen LogP contribution in [0.1, 0.15) is 89.1 Å². The van der Waals surface area contributed by atoms with E-state index < -0.39 is 5.41 Å². The van der Waals surface area contributed by atoms with E-state index in [4.69, 9.17) is 4.74 Å². The molecule has 3 heteroatoms. The first kappa shape index (κ1) is 23.4. The standard InChI is InChI=1S/C28H39NO2/c1-9-31-25(30)28(7,8)21-10-12-22(13-11-21)29-18-20-17-24-23(16-19(20)2)26(3,4)14-15-27(24,5)6/h10-13,16-17,29H,9,14-15,18H2,1-8H3. The molecule has 0 atom stereocenters. The lowest BCUT2D eigenvalue weighted by atomic mass is 9.62. The molecule has 0 saturated carbocycles. The maximum absolute atomic E-state index is 12.3. The molecule has 0 radical (unpaired) electrons. The number of hydrogen-bond acceptors (Lipinski definition) is 3. The molecule has 2 aromatic rings. The second-order valence-corrected chi connectivity index (χ2v) is 10.9. The van der Waals surface area contributed by atoms with Gasteiger partial charge in [0.05, 0.1) is 12.0 Å². The van der Waals surface area contributed by atoms with Crippen LogP contribution < -0.4 is 5.32 Å². The Kier molecular flexibility index (Phi) is 6.28. The van der Waals surface area contributed by atoms with Crippen molar-refractivity contribution >= 4 is 11.7 Å². The Balaban J connectivity index is 1.79. The van der Waals surface area contributed by atoms with Gasteiger partial charge in [-0.15, -0.1) is 0 Å². The largest absolute Gasteiger partial charge is 0.465 e. The maximum Gasteiger partial charge on any atom is 0.315 e. The van der Waals surface area contributed by atoms with Crippen LogP contribution in [0.4, 0.5) is 5.69 Å². The number of hydrogen-bond donors (Lipinski definition) is 1. The topological polar surface area (TPSA) is 38.3 Å². The summed E-state index contributed by atoms with van der Waals surface area (Å²) in [5.74, 6) is -0.189. The number of benzene rings is 2. The van der Waals surface area contributed by atoms with E-state index in [-0.39, 0.29) is 16.8 Å². The van der Waals surface area contributed by atoms with Gasteiger partial charge < -0.3 is 10.1 Å². The summed E-state index contributed by atoms with van der Waals surface area (Å²) >= 11 is 0. The minimum absolute atomic E-state index is 0.189. The van der Waals surface area contributed by atoms with Crippen molar-refractivity contribution in [2.24, 2.45) is 0 Å². The Labute approximate surface area is 188 Å². The lowest BCUT2D eigenvalue weighted by Gasteiger charge is -2.42. The van der Waals surface area contributed by atoms with Crippen molar-refractivity contribution in [3.8, 4) is 0 Å². The SMILES string of the molecule is CCOC(=O)C(C)(C)c1ccc(NCc2cc3c(cc2C)C(C)(C)CCC3(C)C)cc1. The van der Waals surface area contributed by atoms with Gasteiger partial charge in [0.1, 0.15) is 0 Å². The fourth-order valence-electron chi connectivity index (χ4n) is 4.59. The highest BCUT2D eigenvalue weighted by Gasteiger charge is 2.37. The maximum atomic E-state index is 12.3. The van der Waals surface area contributed by atoms with Gasteiger partial charge in [-0.05, 0) is 91.3 Å². The van der Waals surface area contributed by atoms with Crippen molar-refractivity contribution in [3.05, 3.63) is 64.2 Å². The highest BCUT2D eigenvalue weighted by atomic mass is 16.5. The molecule has 0 spiro atoms. The van der Waals surface area contributed by atoms with Crippen LogP contribution in [0.3, 0.4) is 0 Å². The van der Waals surface area contributed by atoms with Crippen LogP contribution in [0.5, 0.6) is 0 Å². The lowest BCUT2D eigenvalue weighted by molar-refractivity contribution is -0.148. The molecule has 0 saturated heterocycles. The second kappa shape index (κ2) is 8.33. The summed E-state index contributed by atoms with van der Waals surface area (Å²) in [4.78, 5) is 12.3. The van der Waals surface area contributed by atoms with Crippen LogP contribution in [-0.4, -0.2) is 12.6 Å². The zero-order valence-corrected chi connectivity index (χ0v) is 20.6. The fraction of sp³-hybridized carbons (Fsp3) is 0.536. The van der Waals surface area contributed by atoms with E-state index in [1.165, 1.54) is 35.1 Å². The summed E-state index contributed by atoms with van der Waals surface area (Å²) in [6.45, 7) is 18.6. The third kappa shape index (κ3) is 4.66. The van der Waals surface area contributed by atoms with E-state index >= 15 is 0 Å². The summed E-state index contributed by atoms with van der Waals surface area (Å²) in [5, 5.41) is 3.57. The number of esters is 1. The number of carbonyl (C=O) groups is 1. The number of ether oxygens (including phenoxy) is 1. The van der Waals surface area contributed by atoms with Gasteiger partial charge in [0, 0.05) is 12.2 Å². The summed E-state index contributed by atoms with van der Waals surface area (Å²) in [6.07, 6.45) is 2.46. The average Bonchev–Trinajstić information content (AvgIpc) is 2.71. The third-order valence-electron chi connectivity index (χ3n) is 7.18. The molecule has 0 unspecified atom stereocenters. The molecule has 0 amide bonds. The number of fused-ring (bicyclic) bond motifs is 1. The summed E-state index contributed by atoms with van der Waals surface area (Å²) in [5.41, 5.74) is 7.52. The second-order valence-electron chi connectivity index (χ2n) is 10.9. The average molecular weight is 422 g/mol. The van der Waals surface area contributed by atoms with Gasteiger partial charge in [0.15, 0.2) is 0 Å². The van der Waals surface area contributed by atoms with E-state index in [1.54, 1.807) is 0 Å². The van der Waals surface area contributed by atoms with Crippen LogP contribution in [-0.2, 0) is 32.3 Å². The molecule has 3 rings (SSSR count). The molecule has 3 nitrogen and oxygen atoms in total. The molecule has 0 fully saturated rings. The van der Waals surface area contributed by atoms with Gasteiger partial charge in [0.2, 0.25) is 0 Å². The molecule has 1 aliphatic rings. The minimum Gasteiger partial charge on any atom is -0.465 e. The van der Waals surface area contributed by atoms with Gasteiger partial charge in [0.25, 0.3) is 0 Å². The monoisotopic (exact) mass is 421 g/mol. The first-order valence-electron chi connectivity index (χ1n) is 11.5. The minimum atomic E-state index is -0.651. The van der Waals surface area contributed by atoms with Crippen molar-refractivity contribution in [2.75, 3.05) is 11.9 Å². The smallest absolute Gasteiger partial charge is 0.315 e. The third-order valence-corrected chi connectivity index (χ3v) is 7.18. The van der Waals surface area contributed by atoms with Crippen molar-refractivity contribution in [1.29, 1.82) is 0 Å². The molecule has 0 heterocycles. The Morgan fingerprint density at radius 1 is 1.00 bits per heavy atom. The van der Waals surface area contributed by atoms with E-state index in [2.05, 4.69) is 64.2 Å². The number of carbonyl (C=O) groups excluding carboxylic acids is 1. The van der Waals surface area contributed by atoms with Gasteiger partial charge in [-0.1, -0.05) is 52.0 Å². The molecule has 2 aromatic carbocycles. The lowest BCUT2D eigenvalue weighted by Crippen LogP contribution is -2.34. The Morgan fingerprint density at radius 3 is 2.10 bits per heavy atom. The van der Waals surface area contributed by atoms with Crippen LogP contribution in [0.25, 0.3) is 0 Å². The predicted octanol–water partition coefficient (Wildman–Crippen LogP) is 6.80. The van der Waals surface area contributed by atoms with Gasteiger partial charge in [-0.25, -0.2) is 0 Å². The zero-order valence-electron chi connectivity index (χ0n) is 20.6. The molecule has 0 bridgehead atoms. The Bertz CT molecular complexity index is 952. The molecular weight excluding hydrogens is 382 g/mol. The molecule has 0 aliphatic heterocycles. The number of aryl methyl sites for hydroxylation is 1. The highest BCUT2D eigenvalue weighted by Crippen LogP contribution is 2.46. The van der Waals surface area contributed by atoms with E-state index in [9.17, 15) is 4.79 Å². The van der Waals surface area contributed by atoms with Crippen molar-refractivity contribution < 1.29 is 9.53 Å². The van der Waals surface area contributed by atoms with Crippen molar-refractivity contribution in [2.45, 2.75) is 91.0 Å². The first-order valence-corrected chi connectivity index (χ1v) is 11.5. The van der Waals surface area contributed by atoms with Gasteiger partial charge >= 0.3 is 5.97 Å². The fourth-order valence-corrected chi connectivity index (χ4v) is 4.59. The predicted molar refractivity (Wildman–Crippen MR) is 130 cm³/mol. The van der Waals surface area contributed by atoms with E-state index in [0.29, 0.717) is 6.61 Å². The van der Waals surface area contributed by atoms with E-state index in [0.717, 1.165) is 17.8 Å². The summed E-state index contributed by atoms with van der Waals surface area (Å²) in [7, 11) is 0. The number of anilines is 1. The quantitative estimate of drug-likeness (QED) is 0.521. The Morgan fingerprint density at radius 2 is 1.55 bits per heavy atom. The van der Waals surface area contributed by atoms with Gasteiger partial charge in [-0.2, -0.15) is 0 Å². The molecule has 31 heavy (non-hydrogen) atoms. The van der Waals surface area contributed by atoms with E-state index in [1.807, 2.05) is 32.9 Å². The van der Waals surface area contributed by atoms with Crippen LogP contribution in [0, 0.1) is 6.92 Å². The van der Waals surface area contributed by atoms with Crippen LogP contribution in [0.15, 0.2) is 36.4 Å². The van der Waals surface area contributed by atoms with Gasteiger partial charge in [-0.3, -0.25) is 4.79 Å².